The van der Waals surface area contributed by atoms with Crippen LogP contribution in [0.1, 0.15) is 55.0 Å². The zero-order valence-corrected chi connectivity index (χ0v) is 19.4. The van der Waals surface area contributed by atoms with E-state index < -0.39 is 23.8 Å². The van der Waals surface area contributed by atoms with Crippen LogP contribution in [0.25, 0.3) is 0 Å². The minimum Gasteiger partial charge on any atom is -0.390 e. The van der Waals surface area contributed by atoms with Crippen LogP contribution in [0.2, 0.25) is 0 Å². The van der Waals surface area contributed by atoms with Crippen LogP contribution >= 0.6 is 15.9 Å². The first-order chi connectivity index (χ1) is 14.8. The summed E-state index contributed by atoms with van der Waals surface area (Å²) >= 11 is 3.69. The lowest BCUT2D eigenvalue weighted by atomic mass is 9.86. The first kappa shape index (κ1) is 23.8. The molecule has 0 spiro atoms. The summed E-state index contributed by atoms with van der Waals surface area (Å²) in [5, 5.41) is 17.0. The third kappa shape index (κ3) is 6.34. The molecule has 7 heteroatoms. The van der Waals surface area contributed by atoms with Gasteiger partial charge in [0.25, 0.3) is 0 Å². The number of aryl methyl sites for hydroxylation is 1. The van der Waals surface area contributed by atoms with Crippen LogP contribution in [-0.4, -0.2) is 29.7 Å². The topological polar surface area (TPSA) is 61.4 Å². The van der Waals surface area contributed by atoms with Crippen molar-refractivity contribution in [2.24, 2.45) is 0 Å². The molecular weight excluding hydrogens is 466 g/mol. The van der Waals surface area contributed by atoms with Crippen LogP contribution in [0.5, 0.6) is 0 Å². The molecule has 0 fully saturated rings. The fourth-order valence-electron chi connectivity index (χ4n) is 4.28. The zero-order chi connectivity index (χ0) is 22.5. The van der Waals surface area contributed by atoms with Gasteiger partial charge < -0.3 is 15.7 Å². The third-order valence-corrected chi connectivity index (χ3v) is 6.51. The van der Waals surface area contributed by atoms with Gasteiger partial charge in [-0.2, -0.15) is 0 Å². The molecule has 31 heavy (non-hydrogen) atoms. The van der Waals surface area contributed by atoms with E-state index in [-0.39, 0.29) is 24.9 Å². The van der Waals surface area contributed by atoms with Crippen molar-refractivity contribution in [3.05, 3.63) is 68.7 Å². The molecule has 3 rings (SSSR count). The Labute approximate surface area is 190 Å². The van der Waals surface area contributed by atoms with Gasteiger partial charge in [0.15, 0.2) is 0 Å². The fourth-order valence-corrected chi connectivity index (χ4v) is 5.00. The highest BCUT2D eigenvalue weighted by Crippen LogP contribution is 2.35. The predicted octanol–water partition coefficient (Wildman–Crippen LogP) is 4.37. The maximum Gasteiger partial charge on any atom is 0.217 e. The summed E-state index contributed by atoms with van der Waals surface area (Å²) in [6.45, 7) is 3.73. The van der Waals surface area contributed by atoms with Crippen LogP contribution in [-0.2, 0) is 24.1 Å². The Bertz CT molecular complexity index is 918. The van der Waals surface area contributed by atoms with Gasteiger partial charge >= 0.3 is 0 Å². The average Bonchev–Trinajstić information content (AvgIpc) is 2.70. The van der Waals surface area contributed by atoms with E-state index in [9.17, 15) is 18.7 Å². The lowest BCUT2D eigenvalue weighted by molar-refractivity contribution is -0.120. The number of nitrogens with one attached hydrogen (secondary N) is 2. The summed E-state index contributed by atoms with van der Waals surface area (Å²) in [6.07, 6.45) is 3.17. The number of hydrogen-bond donors (Lipinski definition) is 3. The number of aliphatic hydroxyl groups is 1. The molecule has 1 amide bonds. The highest BCUT2D eigenvalue weighted by atomic mass is 79.9. The molecule has 0 heterocycles. The summed E-state index contributed by atoms with van der Waals surface area (Å²) < 4.78 is 28.2. The smallest absolute Gasteiger partial charge is 0.217 e. The van der Waals surface area contributed by atoms with E-state index in [1.54, 1.807) is 0 Å². The van der Waals surface area contributed by atoms with Crippen molar-refractivity contribution in [3.63, 3.8) is 0 Å². The van der Waals surface area contributed by atoms with Gasteiger partial charge in [0.05, 0.1) is 12.1 Å². The van der Waals surface area contributed by atoms with Gasteiger partial charge in [0.1, 0.15) is 11.6 Å². The minimum absolute atomic E-state index is 0.103. The summed E-state index contributed by atoms with van der Waals surface area (Å²) in [6, 6.07) is 7.08. The van der Waals surface area contributed by atoms with Crippen molar-refractivity contribution in [1.29, 1.82) is 0 Å². The van der Waals surface area contributed by atoms with E-state index in [1.807, 2.05) is 0 Å². The highest BCUT2D eigenvalue weighted by Gasteiger charge is 2.26. The van der Waals surface area contributed by atoms with E-state index >= 15 is 0 Å². The van der Waals surface area contributed by atoms with Crippen molar-refractivity contribution in [2.75, 3.05) is 6.54 Å². The van der Waals surface area contributed by atoms with Gasteiger partial charge in [-0.3, -0.25) is 4.79 Å². The van der Waals surface area contributed by atoms with Crippen LogP contribution in [0.15, 0.2) is 34.8 Å². The predicted molar refractivity (Wildman–Crippen MR) is 121 cm³/mol. The SMILES string of the molecule is CCc1cc(Br)c2c(c1)C(NCC(O)C(Cc1cc(F)cc(F)c1)NC(C)=O)CCC2. The maximum atomic E-state index is 13.6. The monoisotopic (exact) mass is 494 g/mol. The Hall–Kier alpha value is -1.83. The Morgan fingerprint density at radius 3 is 2.55 bits per heavy atom. The van der Waals surface area contributed by atoms with Crippen molar-refractivity contribution in [3.8, 4) is 0 Å². The Morgan fingerprint density at radius 1 is 1.19 bits per heavy atom. The molecule has 0 aromatic heterocycles. The van der Waals surface area contributed by atoms with Gasteiger partial charge in [-0.25, -0.2) is 8.78 Å². The second-order valence-corrected chi connectivity index (χ2v) is 9.06. The average molecular weight is 495 g/mol. The summed E-state index contributed by atoms with van der Waals surface area (Å²) in [4.78, 5) is 11.7. The summed E-state index contributed by atoms with van der Waals surface area (Å²) in [5.74, 6) is -1.67. The van der Waals surface area contributed by atoms with Gasteiger partial charge in [0.2, 0.25) is 5.91 Å². The number of halogens is 3. The van der Waals surface area contributed by atoms with Crippen LogP contribution < -0.4 is 10.6 Å². The van der Waals surface area contributed by atoms with E-state index in [0.717, 1.165) is 36.2 Å². The molecule has 3 unspecified atom stereocenters. The summed E-state index contributed by atoms with van der Waals surface area (Å²) in [5.41, 5.74) is 4.18. The number of aliphatic hydroxyl groups excluding tert-OH is 1. The van der Waals surface area contributed by atoms with Gasteiger partial charge in [-0.15, -0.1) is 0 Å². The van der Waals surface area contributed by atoms with Crippen molar-refractivity contribution in [1.82, 2.24) is 10.6 Å². The number of benzene rings is 2. The van der Waals surface area contributed by atoms with E-state index in [0.29, 0.717) is 5.56 Å². The first-order valence-corrected chi connectivity index (χ1v) is 11.5. The van der Waals surface area contributed by atoms with Gasteiger partial charge in [-0.1, -0.05) is 28.9 Å². The molecule has 2 aromatic carbocycles. The standard InChI is InChI=1S/C24H29BrF2N2O2/c1-3-15-9-20-19(21(25)10-15)5-4-6-22(20)28-13-24(31)23(29-14(2)30)11-16-7-17(26)12-18(27)8-16/h7-10,12,22-24,28,31H,3-6,11,13H2,1-2H3,(H,29,30). The molecule has 1 aliphatic carbocycles. The molecule has 3 N–H and O–H groups in total. The Morgan fingerprint density at radius 2 is 1.90 bits per heavy atom. The lowest BCUT2D eigenvalue weighted by Crippen LogP contribution is -2.48. The minimum atomic E-state index is -0.918. The molecule has 0 saturated carbocycles. The number of fused-ring (bicyclic) bond motifs is 1. The second-order valence-electron chi connectivity index (χ2n) is 8.21. The Kier molecular flexibility index (Phi) is 8.19. The van der Waals surface area contributed by atoms with Gasteiger partial charge in [0, 0.05) is 30.0 Å². The molecule has 168 valence electrons. The largest absolute Gasteiger partial charge is 0.390 e. The molecule has 0 radical (unpaired) electrons. The fraction of sp³-hybridized carbons (Fsp3) is 0.458. The first-order valence-electron chi connectivity index (χ1n) is 10.7. The lowest BCUT2D eigenvalue weighted by Gasteiger charge is -2.31. The molecule has 1 aliphatic rings. The molecular formula is C24H29BrF2N2O2. The molecule has 3 atom stereocenters. The number of amides is 1. The third-order valence-electron chi connectivity index (χ3n) is 5.80. The molecule has 2 aromatic rings. The van der Waals surface area contributed by atoms with Crippen molar-refractivity contribution >= 4 is 21.8 Å². The molecule has 0 bridgehead atoms. The van der Waals surface area contributed by atoms with Gasteiger partial charge in [-0.05, 0) is 72.6 Å². The number of carbonyl (C=O) groups excluding carboxylic acids is 1. The number of hydrogen-bond acceptors (Lipinski definition) is 3. The quantitative estimate of drug-likeness (QED) is 0.510. The van der Waals surface area contributed by atoms with Crippen LogP contribution in [0.3, 0.4) is 0 Å². The zero-order valence-electron chi connectivity index (χ0n) is 17.9. The summed E-state index contributed by atoms with van der Waals surface area (Å²) in [7, 11) is 0. The Balaban J connectivity index is 1.72. The van der Waals surface area contributed by atoms with E-state index in [4.69, 9.17) is 0 Å². The van der Waals surface area contributed by atoms with Crippen LogP contribution in [0, 0.1) is 11.6 Å². The second kappa shape index (κ2) is 10.7. The highest BCUT2D eigenvalue weighted by molar-refractivity contribution is 9.10. The maximum absolute atomic E-state index is 13.6. The van der Waals surface area contributed by atoms with Crippen LogP contribution in [0.4, 0.5) is 8.78 Å². The van der Waals surface area contributed by atoms with E-state index in [2.05, 4.69) is 45.6 Å². The number of rotatable bonds is 8. The normalized spacial score (nSPS) is 17.7. The van der Waals surface area contributed by atoms with Crippen molar-refractivity contribution < 1.29 is 18.7 Å². The number of carbonyl (C=O) groups is 1. The molecule has 0 aliphatic heterocycles. The molecule has 0 saturated heterocycles. The molecule has 4 nitrogen and oxygen atoms in total. The van der Waals surface area contributed by atoms with Crippen molar-refractivity contribution in [2.45, 2.75) is 64.1 Å². The van der Waals surface area contributed by atoms with E-state index in [1.165, 1.54) is 35.7 Å².